The molecule has 1 aliphatic heterocycles. The molecule has 1 saturated heterocycles. The molecule has 0 radical (unpaired) electrons. The maximum absolute atomic E-state index is 6.19. The van der Waals surface area contributed by atoms with Crippen LogP contribution in [0.3, 0.4) is 0 Å². The number of halogens is 1. The second-order valence-electron chi connectivity index (χ2n) is 4.41. The topological polar surface area (TPSA) is 21.3 Å². The first-order valence-corrected chi connectivity index (χ1v) is 6.09. The number of aryl methyl sites for hydroxylation is 1. The molecule has 1 aromatic rings. The molecule has 16 heavy (non-hydrogen) atoms. The predicted molar refractivity (Wildman–Crippen MR) is 67.0 cm³/mol. The molecule has 1 aliphatic rings. The van der Waals surface area contributed by atoms with Gasteiger partial charge in [-0.2, -0.15) is 0 Å². The summed E-state index contributed by atoms with van der Waals surface area (Å²) in [5.41, 5.74) is 2.44. The van der Waals surface area contributed by atoms with Crippen LogP contribution >= 0.6 is 11.6 Å². The van der Waals surface area contributed by atoms with Crippen molar-refractivity contribution in [2.24, 2.45) is 0 Å². The molecule has 1 aromatic carbocycles. The van der Waals surface area contributed by atoms with Crippen molar-refractivity contribution < 1.29 is 4.74 Å². The Morgan fingerprint density at radius 1 is 1.31 bits per heavy atom. The molecular weight excluding hydrogens is 222 g/mol. The minimum atomic E-state index is 0.0373. The zero-order valence-corrected chi connectivity index (χ0v) is 10.6. The van der Waals surface area contributed by atoms with Gasteiger partial charge in [-0.15, -0.1) is 0 Å². The van der Waals surface area contributed by atoms with Crippen LogP contribution in [0.1, 0.15) is 24.0 Å². The van der Waals surface area contributed by atoms with Crippen LogP contribution in [-0.4, -0.2) is 20.3 Å². The SMILES string of the molecule is CNC1(c2ccc(C)c(Cl)c2)CCOCC1. The highest BCUT2D eigenvalue weighted by molar-refractivity contribution is 6.31. The highest BCUT2D eigenvalue weighted by Gasteiger charge is 2.32. The monoisotopic (exact) mass is 239 g/mol. The standard InChI is InChI=1S/C13H18ClNO/c1-10-3-4-11(9-12(10)14)13(15-2)5-7-16-8-6-13/h3-4,9,15H,5-8H2,1-2H3. The van der Waals surface area contributed by atoms with E-state index in [1.165, 1.54) is 5.56 Å². The predicted octanol–water partition coefficient (Wildman–Crippen LogP) is 2.87. The first-order chi connectivity index (χ1) is 7.68. The fraction of sp³-hybridized carbons (Fsp3) is 0.538. The van der Waals surface area contributed by atoms with Crippen molar-refractivity contribution in [3.8, 4) is 0 Å². The maximum atomic E-state index is 6.19. The Morgan fingerprint density at radius 2 is 2.00 bits per heavy atom. The summed E-state index contributed by atoms with van der Waals surface area (Å²) >= 11 is 6.19. The van der Waals surface area contributed by atoms with Crippen LogP contribution in [0.4, 0.5) is 0 Å². The van der Waals surface area contributed by atoms with Gasteiger partial charge in [0.2, 0.25) is 0 Å². The molecule has 0 bridgehead atoms. The summed E-state index contributed by atoms with van der Waals surface area (Å²) in [4.78, 5) is 0. The smallest absolute Gasteiger partial charge is 0.0486 e. The first kappa shape index (κ1) is 11.9. The van der Waals surface area contributed by atoms with Crippen molar-refractivity contribution >= 4 is 11.6 Å². The van der Waals surface area contributed by atoms with E-state index in [9.17, 15) is 0 Å². The average Bonchev–Trinajstić information content (AvgIpc) is 2.33. The van der Waals surface area contributed by atoms with Gasteiger partial charge in [0, 0.05) is 23.8 Å². The van der Waals surface area contributed by atoms with E-state index in [2.05, 4.69) is 23.5 Å². The minimum absolute atomic E-state index is 0.0373. The molecule has 2 nitrogen and oxygen atoms in total. The molecular formula is C13H18ClNO. The third-order valence-corrected chi connectivity index (χ3v) is 3.96. The Labute approximate surface area is 102 Å². The van der Waals surface area contributed by atoms with Gasteiger partial charge in [0.15, 0.2) is 0 Å². The van der Waals surface area contributed by atoms with E-state index in [1.54, 1.807) is 0 Å². The highest BCUT2D eigenvalue weighted by atomic mass is 35.5. The summed E-state index contributed by atoms with van der Waals surface area (Å²) in [6, 6.07) is 6.34. The van der Waals surface area contributed by atoms with E-state index in [-0.39, 0.29) is 5.54 Å². The molecule has 0 atom stereocenters. The summed E-state index contributed by atoms with van der Waals surface area (Å²) in [7, 11) is 2.01. The zero-order chi connectivity index (χ0) is 11.6. The summed E-state index contributed by atoms with van der Waals surface area (Å²) in [5.74, 6) is 0. The molecule has 0 aliphatic carbocycles. The number of rotatable bonds is 2. The fourth-order valence-corrected chi connectivity index (χ4v) is 2.47. The fourth-order valence-electron chi connectivity index (χ4n) is 2.29. The zero-order valence-electron chi connectivity index (χ0n) is 9.85. The maximum Gasteiger partial charge on any atom is 0.0486 e. The van der Waals surface area contributed by atoms with Gasteiger partial charge in [0.1, 0.15) is 0 Å². The Morgan fingerprint density at radius 3 is 2.56 bits per heavy atom. The average molecular weight is 240 g/mol. The van der Waals surface area contributed by atoms with Gasteiger partial charge in [0.25, 0.3) is 0 Å². The minimum Gasteiger partial charge on any atom is -0.381 e. The van der Waals surface area contributed by atoms with Crippen molar-refractivity contribution in [3.63, 3.8) is 0 Å². The lowest BCUT2D eigenvalue weighted by molar-refractivity contribution is 0.0398. The lowest BCUT2D eigenvalue weighted by Crippen LogP contribution is -2.44. The van der Waals surface area contributed by atoms with E-state index in [0.29, 0.717) is 0 Å². The third-order valence-electron chi connectivity index (χ3n) is 3.55. The van der Waals surface area contributed by atoms with E-state index in [1.807, 2.05) is 14.0 Å². The normalized spacial score (nSPS) is 19.7. The van der Waals surface area contributed by atoms with Crippen molar-refractivity contribution in [2.75, 3.05) is 20.3 Å². The number of hydrogen-bond donors (Lipinski definition) is 1. The summed E-state index contributed by atoms with van der Waals surface area (Å²) < 4.78 is 5.43. The second kappa shape index (κ2) is 4.74. The first-order valence-electron chi connectivity index (χ1n) is 5.71. The van der Waals surface area contributed by atoms with E-state index < -0.39 is 0 Å². The van der Waals surface area contributed by atoms with Gasteiger partial charge < -0.3 is 10.1 Å². The molecule has 0 aromatic heterocycles. The summed E-state index contributed by atoms with van der Waals surface area (Å²) in [6.45, 7) is 3.65. The van der Waals surface area contributed by atoms with Crippen molar-refractivity contribution in [1.29, 1.82) is 0 Å². The molecule has 1 N–H and O–H groups in total. The largest absolute Gasteiger partial charge is 0.381 e. The van der Waals surface area contributed by atoms with E-state index in [0.717, 1.165) is 36.6 Å². The quantitative estimate of drug-likeness (QED) is 0.857. The Hall–Kier alpha value is -0.570. The van der Waals surface area contributed by atoms with Crippen molar-refractivity contribution in [2.45, 2.75) is 25.3 Å². The molecule has 0 spiro atoms. The number of nitrogens with one attached hydrogen (secondary N) is 1. The number of benzene rings is 1. The molecule has 1 fully saturated rings. The molecule has 0 amide bonds. The lowest BCUT2D eigenvalue weighted by Gasteiger charge is -2.37. The summed E-state index contributed by atoms with van der Waals surface area (Å²) in [5, 5.41) is 4.29. The van der Waals surface area contributed by atoms with E-state index >= 15 is 0 Å². The molecule has 0 saturated carbocycles. The lowest BCUT2D eigenvalue weighted by atomic mass is 9.82. The van der Waals surface area contributed by atoms with Gasteiger partial charge in [-0.05, 0) is 44.0 Å². The molecule has 2 rings (SSSR count). The van der Waals surface area contributed by atoms with Gasteiger partial charge in [0.05, 0.1) is 0 Å². The molecule has 0 unspecified atom stereocenters. The third kappa shape index (κ3) is 2.10. The van der Waals surface area contributed by atoms with Crippen LogP contribution in [0.15, 0.2) is 18.2 Å². The molecule has 88 valence electrons. The summed E-state index contributed by atoms with van der Waals surface area (Å²) in [6.07, 6.45) is 2.01. The number of hydrogen-bond acceptors (Lipinski definition) is 2. The Bertz CT molecular complexity index is 372. The molecule has 3 heteroatoms. The van der Waals surface area contributed by atoms with E-state index in [4.69, 9.17) is 16.3 Å². The second-order valence-corrected chi connectivity index (χ2v) is 4.82. The van der Waals surface area contributed by atoms with Crippen LogP contribution in [0.5, 0.6) is 0 Å². The van der Waals surface area contributed by atoms with Gasteiger partial charge in [-0.1, -0.05) is 23.7 Å². The van der Waals surface area contributed by atoms with Crippen LogP contribution in [0, 0.1) is 6.92 Å². The Kier molecular flexibility index (Phi) is 3.53. The Balaban J connectivity index is 2.35. The van der Waals surface area contributed by atoms with Crippen LogP contribution in [-0.2, 0) is 10.3 Å². The number of ether oxygens (including phenoxy) is 1. The van der Waals surface area contributed by atoms with Crippen LogP contribution in [0.2, 0.25) is 5.02 Å². The van der Waals surface area contributed by atoms with Gasteiger partial charge >= 0.3 is 0 Å². The van der Waals surface area contributed by atoms with Crippen molar-refractivity contribution in [3.05, 3.63) is 34.3 Å². The van der Waals surface area contributed by atoms with Gasteiger partial charge in [-0.25, -0.2) is 0 Å². The van der Waals surface area contributed by atoms with Crippen LogP contribution in [0.25, 0.3) is 0 Å². The van der Waals surface area contributed by atoms with Gasteiger partial charge in [-0.3, -0.25) is 0 Å². The van der Waals surface area contributed by atoms with Crippen molar-refractivity contribution in [1.82, 2.24) is 5.32 Å². The highest BCUT2D eigenvalue weighted by Crippen LogP contribution is 2.33. The molecule has 1 heterocycles. The van der Waals surface area contributed by atoms with Crippen LogP contribution < -0.4 is 5.32 Å².